The van der Waals surface area contributed by atoms with E-state index in [4.69, 9.17) is 15.9 Å². The number of hydroxylamine groups is 1. The number of amides is 6. The van der Waals surface area contributed by atoms with Gasteiger partial charge in [0.25, 0.3) is 0 Å². The first kappa shape index (κ1) is 30.1. The molecule has 9 N–H and O–H groups in total. The quantitative estimate of drug-likeness (QED) is 0.116. The molecule has 0 aromatic heterocycles. The zero-order valence-electron chi connectivity index (χ0n) is 20.2. The molecule has 36 heavy (non-hydrogen) atoms. The van der Waals surface area contributed by atoms with Crippen LogP contribution < -0.4 is 32.5 Å². The fourth-order valence-electron chi connectivity index (χ4n) is 3.08. The average Bonchev–Trinajstić information content (AvgIpc) is 2.80. The van der Waals surface area contributed by atoms with Gasteiger partial charge >= 0.3 is 12.1 Å². The number of carbonyl (C=O) groups excluding carboxylic acids is 4. The van der Waals surface area contributed by atoms with E-state index in [1.165, 1.54) is 0 Å². The van der Waals surface area contributed by atoms with Gasteiger partial charge in [-0.3, -0.25) is 19.2 Å². The SMILES string of the molecule is CC(C)CC(NC(=O)CONC(=O)O)C(=O)NC(CCCNC(N)=O)C(=O)Nc1ccc(CO)cc1. The van der Waals surface area contributed by atoms with Gasteiger partial charge in [-0.05, 0) is 42.9 Å². The minimum atomic E-state index is -1.48. The van der Waals surface area contributed by atoms with Crippen LogP contribution in [-0.2, 0) is 25.8 Å². The largest absolute Gasteiger partial charge is 0.464 e. The van der Waals surface area contributed by atoms with Gasteiger partial charge in [0.15, 0.2) is 6.61 Å². The number of hydrogen-bond acceptors (Lipinski definition) is 7. The molecule has 2 atom stereocenters. The first-order chi connectivity index (χ1) is 17.0. The summed E-state index contributed by atoms with van der Waals surface area (Å²) in [4.78, 5) is 63.9. The van der Waals surface area contributed by atoms with E-state index >= 15 is 0 Å². The minimum Gasteiger partial charge on any atom is -0.464 e. The van der Waals surface area contributed by atoms with Crippen LogP contribution in [0.25, 0.3) is 0 Å². The number of carboxylic acid groups (broad SMARTS) is 1. The number of carbonyl (C=O) groups is 5. The first-order valence-corrected chi connectivity index (χ1v) is 11.3. The van der Waals surface area contributed by atoms with Crippen molar-refractivity contribution in [3.63, 3.8) is 0 Å². The first-order valence-electron chi connectivity index (χ1n) is 11.3. The van der Waals surface area contributed by atoms with Gasteiger partial charge in [-0.2, -0.15) is 5.48 Å². The molecule has 0 aliphatic rings. The maximum Gasteiger partial charge on any atom is 0.428 e. The Morgan fingerprint density at radius 3 is 2.22 bits per heavy atom. The molecule has 0 heterocycles. The third kappa shape index (κ3) is 12.5. The molecule has 0 aliphatic heterocycles. The Labute approximate surface area is 208 Å². The Balaban J connectivity index is 2.90. The van der Waals surface area contributed by atoms with Crippen LogP contribution in [0.4, 0.5) is 15.3 Å². The molecular weight excluding hydrogens is 476 g/mol. The summed E-state index contributed by atoms with van der Waals surface area (Å²) in [6.45, 7) is 3.05. The third-order valence-corrected chi connectivity index (χ3v) is 4.73. The van der Waals surface area contributed by atoms with Crippen molar-refractivity contribution in [1.29, 1.82) is 0 Å². The molecule has 1 aromatic rings. The van der Waals surface area contributed by atoms with E-state index < -0.39 is 48.5 Å². The number of rotatable bonds is 15. The monoisotopic (exact) mass is 510 g/mol. The standard InChI is InChI=1S/C22H34N6O8/c1-13(2)10-17(26-18(30)12-36-28-22(34)35)20(32)27-16(4-3-9-24-21(23)33)19(31)25-15-7-5-14(11-29)6-8-15/h5-8,13,16-17,28-29H,3-4,9-12H2,1-2H3,(H,25,31)(H,26,30)(H,27,32)(H,34,35)(H3,23,24,33). The lowest BCUT2D eigenvalue weighted by Gasteiger charge is -2.24. The molecule has 14 heteroatoms. The second-order valence-electron chi connectivity index (χ2n) is 8.28. The zero-order chi connectivity index (χ0) is 27.1. The molecular formula is C22H34N6O8. The van der Waals surface area contributed by atoms with Crippen molar-refractivity contribution < 1.29 is 39.0 Å². The molecule has 1 aromatic carbocycles. The number of nitrogens with two attached hydrogens (primary N) is 1. The molecule has 2 unspecified atom stereocenters. The number of urea groups is 1. The lowest BCUT2D eigenvalue weighted by atomic mass is 10.0. The number of benzene rings is 1. The van der Waals surface area contributed by atoms with E-state index in [1.54, 1.807) is 29.7 Å². The predicted molar refractivity (Wildman–Crippen MR) is 128 cm³/mol. The summed E-state index contributed by atoms with van der Waals surface area (Å²) in [6.07, 6.45) is -0.768. The third-order valence-electron chi connectivity index (χ3n) is 4.73. The Morgan fingerprint density at radius 2 is 1.67 bits per heavy atom. The Hall–Kier alpha value is -3.91. The Kier molecular flexibility index (Phi) is 13.3. The van der Waals surface area contributed by atoms with Crippen molar-refractivity contribution >= 4 is 35.5 Å². The van der Waals surface area contributed by atoms with Crippen LogP contribution in [0.5, 0.6) is 0 Å². The summed E-state index contributed by atoms with van der Waals surface area (Å²) in [5.74, 6) is -1.89. The van der Waals surface area contributed by atoms with Crippen LogP contribution in [-0.4, -0.2) is 65.3 Å². The van der Waals surface area contributed by atoms with E-state index in [9.17, 15) is 24.0 Å². The highest BCUT2D eigenvalue weighted by atomic mass is 16.7. The van der Waals surface area contributed by atoms with Gasteiger partial charge in [-0.25, -0.2) is 9.59 Å². The number of nitrogens with one attached hydrogen (secondary N) is 5. The van der Waals surface area contributed by atoms with Crippen LogP contribution in [0.3, 0.4) is 0 Å². The molecule has 0 spiro atoms. The normalized spacial score (nSPS) is 12.2. The van der Waals surface area contributed by atoms with Gasteiger partial charge < -0.3 is 37.2 Å². The zero-order valence-corrected chi connectivity index (χ0v) is 20.2. The minimum absolute atomic E-state index is 0.00352. The van der Waals surface area contributed by atoms with E-state index in [-0.39, 0.29) is 31.9 Å². The van der Waals surface area contributed by atoms with Crippen molar-refractivity contribution in [3.05, 3.63) is 29.8 Å². The molecule has 0 saturated heterocycles. The Morgan fingerprint density at radius 1 is 1.00 bits per heavy atom. The summed E-state index contributed by atoms with van der Waals surface area (Å²) in [5, 5.41) is 27.9. The highest BCUT2D eigenvalue weighted by Gasteiger charge is 2.27. The molecule has 6 amide bonds. The fourth-order valence-corrected chi connectivity index (χ4v) is 3.08. The second kappa shape index (κ2) is 15.9. The van der Waals surface area contributed by atoms with Crippen LogP contribution in [0.2, 0.25) is 0 Å². The van der Waals surface area contributed by atoms with E-state index in [0.29, 0.717) is 17.7 Å². The molecule has 0 fully saturated rings. The maximum atomic E-state index is 13.0. The van der Waals surface area contributed by atoms with Gasteiger partial charge in [-0.1, -0.05) is 26.0 Å². The van der Waals surface area contributed by atoms with E-state index in [2.05, 4.69) is 26.1 Å². The summed E-state index contributed by atoms with van der Waals surface area (Å²) in [5.41, 5.74) is 7.74. The molecule has 1 rings (SSSR count). The molecule has 0 bridgehead atoms. The van der Waals surface area contributed by atoms with Crippen molar-refractivity contribution in [1.82, 2.24) is 21.4 Å². The topological polar surface area (TPSA) is 221 Å². The summed E-state index contributed by atoms with van der Waals surface area (Å²) in [7, 11) is 0. The number of primary amides is 1. The van der Waals surface area contributed by atoms with Crippen LogP contribution in [0, 0.1) is 5.92 Å². The average molecular weight is 511 g/mol. The number of anilines is 1. The van der Waals surface area contributed by atoms with E-state index in [0.717, 1.165) is 0 Å². The van der Waals surface area contributed by atoms with Crippen LogP contribution >= 0.6 is 0 Å². The summed E-state index contributed by atoms with van der Waals surface area (Å²) < 4.78 is 0. The highest BCUT2D eigenvalue weighted by molar-refractivity contribution is 5.98. The molecule has 0 aliphatic carbocycles. The fraction of sp³-hybridized carbons (Fsp3) is 0.500. The smallest absolute Gasteiger partial charge is 0.428 e. The molecule has 0 saturated carbocycles. The van der Waals surface area contributed by atoms with Crippen molar-refractivity contribution in [2.45, 2.75) is 51.8 Å². The number of aliphatic hydroxyl groups excluding tert-OH is 1. The van der Waals surface area contributed by atoms with Crippen molar-refractivity contribution in [2.75, 3.05) is 18.5 Å². The van der Waals surface area contributed by atoms with Crippen LogP contribution in [0.15, 0.2) is 24.3 Å². The van der Waals surface area contributed by atoms with Crippen molar-refractivity contribution in [2.24, 2.45) is 11.7 Å². The maximum absolute atomic E-state index is 13.0. The van der Waals surface area contributed by atoms with Gasteiger partial charge in [-0.15, -0.1) is 0 Å². The lowest BCUT2D eigenvalue weighted by Crippen LogP contribution is -2.53. The predicted octanol–water partition coefficient (Wildman–Crippen LogP) is -0.219. The molecule has 0 radical (unpaired) electrons. The number of aliphatic hydroxyl groups is 1. The highest BCUT2D eigenvalue weighted by Crippen LogP contribution is 2.12. The van der Waals surface area contributed by atoms with E-state index in [1.807, 2.05) is 13.8 Å². The molecule has 14 nitrogen and oxygen atoms in total. The molecule has 200 valence electrons. The summed E-state index contributed by atoms with van der Waals surface area (Å²) in [6, 6.07) is 3.72. The van der Waals surface area contributed by atoms with Crippen molar-refractivity contribution in [3.8, 4) is 0 Å². The van der Waals surface area contributed by atoms with Gasteiger partial charge in [0.2, 0.25) is 17.7 Å². The summed E-state index contributed by atoms with van der Waals surface area (Å²) >= 11 is 0. The Bertz CT molecular complexity index is 893. The van der Waals surface area contributed by atoms with Crippen LogP contribution in [0.1, 0.15) is 38.7 Å². The van der Waals surface area contributed by atoms with Gasteiger partial charge in [0.05, 0.1) is 6.61 Å². The van der Waals surface area contributed by atoms with Gasteiger partial charge in [0, 0.05) is 12.2 Å². The lowest BCUT2D eigenvalue weighted by molar-refractivity contribution is -0.134. The van der Waals surface area contributed by atoms with Gasteiger partial charge in [0.1, 0.15) is 12.1 Å². The second-order valence-corrected chi connectivity index (χ2v) is 8.28. The number of hydrogen-bond donors (Lipinski definition) is 8.